The van der Waals surface area contributed by atoms with Gasteiger partial charge in [-0.2, -0.15) is 0 Å². The molecule has 4 rings (SSSR count). The number of hydrogen-bond acceptors (Lipinski definition) is 5. The Morgan fingerprint density at radius 1 is 1.16 bits per heavy atom. The van der Waals surface area contributed by atoms with E-state index in [-0.39, 0.29) is 23.1 Å². The number of thioether (sulfide) groups is 1. The van der Waals surface area contributed by atoms with Crippen molar-refractivity contribution in [2.24, 2.45) is 0 Å². The van der Waals surface area contributed by atoms with Gasteiger partial charge in [0.25, 0.3) is 0 Å². The highest BCUT2D eigenvalue weighted by atomic mass is 32.2. The third kappa shape index (κ3) is 4.77. The first-order chi connectivity index (χ1) is 14.8. The lowest BCUT2D eigenvalue weighted by Crippen LogP contribution is -2.32. The molecular weight excluding hydrogens is 406 g/mol. The number of benzene rings is 2. The van der Waals surface area contributed by atoms with E-state index >= 15 is 0 Å². The number of carbonyl (C=O) groups is 1. The molecule has 0 unspecified atom stereocenters. The van der Waals surface area contributed by atoms with Crippen LogP contribution in [0.4, 0.5) is 0 Å². The van der Waals surface area contributed by atoms with E-state index in [2.05, 4.69) is 66.6 Å². The predicted molar refractivity (Wildman–Crippen MR) is 125 cm³/mol. The van der Waals surface area contributed by atoms with Gasteiger partial charge in [0.15, 0.2) is 5.82 Å². The van der Waals surface area contributed by atoms with Gasteiger partial charge in [-0.15, -0.1) is 10.2 Å². The van der Waals surface area contributed by atoms with Gasteiger partial charge in [-0.1, -0.05) is 81.1 Å². The predicted octanol–water partition coefficient (Wildman–Crippen LogP) is 4.24. The fraction of sp³-hybridized carbons (Fsp3) is 0.375. The molecule has 1 aromatic heterocycles. The molecule has 0 bridgehead atoms. The summed E-state index contributed by atoms with van der Waals surface area (Å²) in [5.41, 5.74) is 4.79. The molecule has 162 valence electrons. The molecule has 0 aliphatic heterocycles. The number of aryl methyl sites for hydroxylation is 1. The number of nitrogens with two attached hydrogens (primary N) is 1. The van der Waals surface area contributed by atoms with Crippen LogP contribution in [-0.2, 0) is 16.6 Å². The van der Waals surface area contributed by atoms with E-state index in [4.69, 9.17) is 5.84 Å². The van der Waals surface area contributed by atoms with Crippen LogP contribution in [0.25, 0.3) is 11.4 Å². The van der Waals surface area contributed by atoms with Crippen molar-refractivity contribution >= 4 is 17.7 Å². The van der Waals surface area contributed by atoms with E-state index in [9.17, 15) is 4.79 Å². The molecule has 0 radical (unpaired) electrons. The smallest absolute Gasteiger partial charge is 0.230 e. The number of nitrogens with one attached hydrogen (secondary N) is 1. The first kappa shape index (κ1) is 21.4. The summed E-state index contributed by atoms with van der Waals surface area (Å²) in [6, 6.07) is 16.6. The number of nitrogens with zero attached hydrogens (tertiary/aromatic N) is 3. The molecule has 6 nitrogen and oxygen atoms in total. The van der Waals surface area contributed by atoms with Gasteiger partial charge in [0.05, 0.1) is 11.8 Å². The highest BCUT2D eigenvalue weighted by Crippen LogP contribution is 2.30. The second-order valence-electron chi connectivity index (χ2n) is 9.00. The Morgan fingerprint density at radius 2 is 1.90 bits per heavy atom. The number of nitrogen functional groups attached to an aromatic ring is 1. The molecule has 0 spiro atoms. The Kier molecular flexibility index (Phi) is 6.05. The second-order valence-corrected chi connectivity index (χ2v) is 9.95. The van der Waals surface area contributed by atoms with Crippen LogP contribution < -0.4 is 11.2 Å². The summed E-state index contributed by atoms with van der Waals surface area (Å²) in [5.74, 6) is 7.04. The first-order valence-corrected chi connectivity index (χ1v) is 11.6. The lowest BCUT2D eigenvalue weighted by molar-refractivity contribution is -0.119. The van der Waals surface area contributed by atoms with Crippen LogP contribution in [0.2, 0.25) is 0 Å². The van der Waals surface area contributed by atoms with Crippen LogP contribution in [0.5, 0.6) is 0 Å². The van der Waals surface area contributed by atoms with E-state index in [0.717, 1.165) is 24.8 Å². The average molecular weight is 436 g/mol. The lowest BCUT2D eigenvalue weighted by atomic mass is 9.87. The van der Waals surface area contributed by atoms with Gasteiger partial charge in [0.1, 0.15) is 0 Å². The maximum atomic E-state index is 12.6. The Morgan fingerprint density at radius 3 is 2.65 bits per heavy atom. The zero-order chi connectivity index (χ0) is 22.0. The van der Waals surface area contributed by atoms with Crippen molar-refractivity contribution in [3.05, 3.63) is 65.2 Å². The van der Waals surface area contributed by atoms with E-state index in [1.54, 1.807) is 0 Å². The van der Waals surface area contributed by atoms with E-state index < -0.39 is 0 Å². The van der Waals surface area contributed by atoms with Crippen LogP contribution in [0.15, 0.2) is 53.7 Å². The number of rotatable bonds is 5. The van der Waals surface area contributed by atoms with Gasteiger partial charge in [-0.25, -0.2) is 4.68 Å². The molecule has 1 heterocycles. The Hall–Kier alpha value is -2.80. The molecule has 3 aromatic rings. The highest BCUT2D eigenvalue weighted by Gasteiger charge is 2.22. The third-order valence-electron chi connectivity index (χ3n) is 5.71. The number of hydrogen-bond donors (Lipinski definition) is 2. The minimum absolute atomic E-state index is 0.0224. The molecule has 0 saturated carbocycles. The van der Waals surface area contributed by atoms with Gasteiger partial charge >= 0.3 is 0 Å². The molecular formula is C24H29N5OS. The van der Waals surface area contributed by atoms with E-state index in [0.29, 0.717) is 11.0 Å². The standard InChI is InChI=1S/C24H29N5OS/c1-24(2,3)18-13-11-17(12-14-18)22-27-28-23(29(22)25)31-15-21(30)26-20-10-6-8-16-7-4-5-9-19(16)20/h4-5,7,9,11-14,20H,6,8,10,15,25H2,1-3H3,(H,26,30)/t20-/m0/s1. The van der Waals surface area contributed by atoms with Crippen molar-refractivity contribution in [3.8, 4) is 11.4 Å². The number of amides is 1. The fourth-order valence-corrected chi connectivity index (χ4v) is 4.63. The topological polar surface area (TPSA) is 85.8 Å². The summed E-state index contributed by atoms with van der Waals surface area (Å²) in [6.07, 6.45) is 3.13. The summed E-state index contributed by atoms with van der Waals surface area (Å²) >= 11 is 1.30. The van der Waals surface area contributed by atoms with Gasteiger partial charge in [-0.05, 0) is 41.4 Å². The molecule has 1 atom stereocenters. The van der Waals surface area contributed by atoms with Crippen molar-refractivity contribution < 1.29 is 4.79 Å². The van der Waals surface area contributed by atoms with E-state index in [1.165, 1.54) is 33.1 Å². The van der Waals surface area contributed by atoms with Crippen molar-refractivity contribution in [1.82, 2.24) is 20.2 Å². The normalized spacial score (nSPS) is 16.0. The Labute approximate surface area is 187 Å². The summed E-state index contributed by atoms with van der Waals surface area (Å²) in [6.45, 7) is 6.54. The van der Waals surface area contributed by atoms with Gasteiger partial charge in [-0.3, -0.25) is 4.79 Å². The molecule has 1 aliphatic carbocycles. The van der Waals surface area contributed by atoms with E-state index in [1.807, 2.05) is 18.2 Å². The first-order valence-electron chi connectivity index (χ1n) is 10.6. The van der Waals surface area contributed by atoms with Gasteiger partial charge in [0, 0.05) is 5.56 Å². The summed E-state index contributed by atoms with van der Waals surface area (Å²) in [4.78, 5) is 12.6. The molecule has 1 aliphatic rings. The summed E-state index contributed by atoms with van der Waals surface area (Å²) in [7, 11) is 0. The molecule has 2 aromatic carbocycles. The molecule has 31 heavy (non-hydrogen) atoms. The largest absolute Gasteiger partial charge is 0.349 e. The quantitative estimate of drug-likeness (QED) is 0.462. The minimum Gasteiger partial charge on any atom is -0.349 e. The molecule has 7 heteroatoms. The molecule has 0 fully saturated rings. The maximum absolute atomic E-state index is 12.6. The minimum atomic E-state index is -0.0224. The van der Waals surface area contributed by atoms with Crippen LogP contribution in [0.3, 0.4) is 0 Å². The van der Waals surface area contributed by atoms with Crippen LogP contribution in [0.1, 0.15) is 56.3 Å². The van der Waals surface area contributed by atoms with Gasteiger partial charge in [0.2, 0.25) is 11.1 Å². The zero-order valence-electron chi connectivity index (χ0n) is 18.3. The highest BCUT2D eigenvalue weighted by molar-refractivity contribution is 7.99. The second kappa shape index (κ2) is 8.75. The molecule has 1 amide bonds. The fourth-order valence-electron chi connectivity index (χ4n) is 3.96. The van der Waals surface area contributed by atoms with Crippen molar-refractivity contribution in [2.45, 2.75) is 56.6 Å². The summed E-state index contributed by atoms with van der Waals surface area (Å²) in [5, 5.41) is 12.1. The zero-order valence-corrected chi connectivity index (χ0v) is 19.1. The van der Waals surface area contributed by atoms with Crippen LogP contribution in [0, 0.1) is 0 Å². The summed E-state index contributed by atoms with van der Waals surface area (Å²) < 4.78 is 1.46. The number of carbonyl (C=O) groups excluding carboxylic acids is 1. The maximum Gasteiger partial charge on any atom is 0.230 e. The van der Waals surface area contributed by atoms with Crippen molar-refractivity contribution in [1.29, 1.82) is 0 Å². The van der Waals surface area contributed by atoms with Crippen LogP contribution >= 0.6 is 11.8 Å². The lowest BCUT2D eigenvalue weighted by Gasteiger charge is -2.26. The number of fused-ring (bicyclic) bond motifs is 1. The Bertz CT molecular complexity index is 1070. The Balaban J connectivity index is 1.39. The van der Waals surface area contributed by atoms with Crippen molar-refractivity contribution in [3.63, 3.8) is 0 Å². The average Bonchev–Trinajstić information content (AvgIpc) is 3.12. The SMILES string of the molecule is CC(C)(C)c1ccc(-c2nnc(SCC(=O)N[C@H]3CCCc4ccccc43)n2N)cc1. The third-order valence-corrected chi connectivity index (χ3v) is 6.65. The monoisotopic (exact) mass is 435 g/mol. The van der Waals surface area contributed by atoms with Gasteiger partial charge < -0.3 is 11.2 Å². The molecule has 0 saturated heterocycles. The number of aromatic nitrogens is 3. The molecule has 3 N–H and O–H groups in total. The van der Waals surface area contributed by atoms with Crippen LogP contribution in [-0.4, -0.2) is 26.5 Å². The van der Waals surface area contributed by atoms with Crippen molar-refractivity contribution in [2.75, 3.05) is 11.6 Å².